The van der Waals surface area contributed by atoms with Gasteiger partial charge in [-0.15, -0.1) is 0 Å². The minimum Gasteiger partial charge on any atom is -0.486 e. The Hall–Kier alpha value is -2.40. The van der Waals surface area contributed by atoms with Gasteiger partial charge in [0, 0.05) is 5.02 Å². The number of amides is 1. The van der Waals surface area contributed by atoms with Crippen LogP contribution in [0.3, 0.4) is 0 Å². The Labute approximate surface area is 151 Å². The van der Waals surface area contributed by atoms with Crippen LogP contribution < -0.4 is 19.5 Å². The van der Waals surface area contributed by atoms with Crippen LogP contribution in [-0.2, 0) is 4.79 Å². The van der Waals surface area contributed by atoms with Crippen molar-refractivity contribution in [2.45, 2.75) is 25.6 Å². The van der Waals surface area contributed by atoms with Crippen molar-refractivity contribution in [1.29, 1.82) is 0 Å². The predicted octanol–water partition coefficient (Wildman–Crippen LogP) is 3.45. The van der Waals surface area contributed by atoms with Crippen LogP contribution in [0.2, 0.25) is 5.02 Å². The second-order valence-corrected chi connectivity index (χ2v) is 6.71. The van der Waals surface area contributed by atoms with Crippen molar-refractivity contribution in [3.8, 4) is 17.2 Å². The number of hydrogen-bond acceptors (Lipinski definition) is 4. The van der Waals surface area contributed by atoms with Crippen molar-refractivity contribution >= 4 is 17.5 Å². The van der Waals surface area contributed by atoms with Crippen molar-refractivity contribution in [2.75, 3.05) is 13.2 Å². The van der Waals surface area contributed by atoms with Gasteiger partial charge in [0.1, 0.15) is 18.5 Å². The predicted molar refractivity (Wildman–Crippen MR) is 95.5 cm³/mol. The van der Waals surface area contributed by atoms with Gasteiger partial charge >= 0.3 is 0 Å². The number of halogens is 1. The molecule has 2 aromatic carbocycles. The molecule has 0 spiro atoms. The fraction of sp³-hybridized carbons (Fsp3) is 0.316. The van der Waals surface area contributed by atoms with Gasteiger partial charge in [0.15, 0.2) is 17.1 Å². The lowest BCUT2D eigenvalue weighted by Gasteiger charge is -2.29. The zero-order valence-corrected chi connectivity index (χ0v) is 14.9. The van der Waals surface area contributed by atoms with E-state index in [9.17, 15) is 4.79 Å². The molecule has 0 saturated heterocycles. The molecule has 0 unspecified atom stereocenters. The normalized spacial score (nSPS) is 16.2. The molecule has 0 fully saturated rings. The molecule has 3 rings (SSSR count). The Bertz CT molecular complexity index is 745. The summed E-state index contributed by atoms with van der Waals surface area (Å²) in [5.74, 6) is 1.75. The smallest absolute Gasteiger partial charge is 0.263 e. The number of nitrogens with one attached hydrogen (secondary N) is 1. The highest BCUT2D eigenvalue weighted by Crippen LogP contribution is 2.30. The van der Waals surface area contributed by atoms with Crippen molar-refractivity contribution < 1.29 is 19.0 Å². The van der Waals surface area contributed by atoms with Crippen molar-refractivity contribution in [3.05, 3.63) is 53.6 Å². The van der Waals surface area contributed by atoms with Crippen LogP contribution in [0.5, 0.6) is 17.2 Å². The molecule has 0 aromatic heterocycles. The van der Waals surface area contributed by atoms with Crippen LogP contribution in [0.1, 0.15) is 13.8 Å². The molecular formula is C19H20ClNO4. The first-order chi connectivity index (χ1) is 11.9. The third-order valence-electron chi connectivity index (χ3n) is 3.79. The molecule has 1 aliphatic rings. The van der Waals surface area contributed by atoms with Gasteiger partial charge < -0.3 is 19.5 Å². The first kappa shape index (κ1) is 17.4. The Kier molecular flexibility index (Phi) is 5.04. The average Bonchev–Trinajstić information content (AvgIpc) is 2.61. The van der Waals surface area contributed by atoms with Gasteiger partial charge in [-0.25, -0.2) is 0 Å². The van der Waals surface area contributed by atoms with E-state index in [1.807, 2.05) is 24.3 Å². The standard InChI is InChI=1S/C19H20ClNO4/c1-19(2,25-14-9-7-13(20)8-10-14)18(22)21-11-15-12-23-16-5-3-4-6-17(16)24-15/h3-10,15H,11-12H2,1-2H3,(H,21,22)/t15-/m1/s1. The number of fused-ring (bicyclic) bond motifs is 1. The number of carbonyl (C=O) groups excluding carboxylic acids is 1. The Balaban J connectivity index is 1.54. The molecule has 0 saturated carbocycles. The summed E-state index contributed by atoms with van der Waals surface area (Å²) in [4.78, 5) is 12.5. The van der Waals surface area contributed by atoms with Crippen molar-refractivity contribution in [2.24, 2.45) is 0 Å². The summed E-state index contributed by atoms with van der Waals surface area (Å²) in [6.07, 6.45) is -0.245. The third-order valence-corrected chi connectivity index (χ3v) is 4.04. The molecule has 25 heavy (non-hydrogen) atoms. The fourth-order valence-electron chi connectivity index (χ4n) is 2.43. The summed E-state index contributed by atoms with van der Waals surface area (Å²) in [7, 11) is 0. The molecule has 1 aliphatic heterocycles. The SMILES string of the molecule is CC(C)(Oc1ccc(Cl)cc1)C(=O)NC[C@@H]1COc2ccccc2O1. The maximum absolute atomic E-state index is 12.5. The zero-order chi connectivity index (χ0) is 17.9. The molecule has 6 heteroatoms. The topological polar surface area (TPSA) is 56.8 Å². The first-order valence-corrected chi connectivity index (χ1v) is 8.43. The van der Waals surface area contributed by atoms with Crippen molar-refractivity contribution in [3.63, 3.8) is 0 Å². The molecule has 2 aromatic rings. The largest absolute Gasteiger partial charge is 0.486 e. The fourth-order valence-corrected chi connectivity index (χ4v) is 2.55. The molecule has 0 aliphatic carbocycles. The van der Waals surface area contributed by atoms with Gasteiger partial charge in [0.25, 0.3) is 5.91 Å². The lowest BCUT2D eigenvalue weighted by atomic mass is 10.1. The van der Waals surface area contributed by atoms with E-state index in [1.165, 1.54) is 0 Å². The molecule has 1 amide bonds. The van der Waals surface area contributed by atoms with Crippen LogP contribution in [0.25, 0.3) is 0 Å². The molecule has 1 heterocycles. The summed E-state index contributed by atoms with van der Waals surface area (Å²) in [6.45, 7) is 4.14. The van der Waals surface area contributed by atoms with Gasteiger partial charge in [-0.1, -0.05) is 23.7 Å². The monoisotopic (exact) mass is 361 g/mol. The highest BCUT2D eigenvalue weighted by atomic mass is 35.5. The molecule has 5 nitrogen and oxygen atoms in total. The molecule has 0 bridgehead atoms. The third kappa shape index (κ3) is 4.37. The van der Waals surface area contributed by atoms with Crippen molar-refractivity contribution in [1.82, 2.24) is 5.32 Å². The number of carbonyl (C=O) groups is 1. The lowest BCUT2D eigenvalue weighted by Crippen LogP contribution is -2.50. The maximum Gasteiger partial charge on any atom is 0.263 e. The Morgan fingerprint density at radius 1 is 1.20 bits per heavy atom. The molecule has 1 atom stereocenters. The van der Waals surface area contributed by atoms with Crippen LogP contribution in [-0.4, -0.2) is 30.8 Å². The summed E-state index contributed by atoms with van der Waals surface area (Å²) >= 11 is 5.86. The summed E-state index contributed by atoms with van der Waals surface area (Å²) < 4.78 is 17.2. The second kappa shape index (κ2) is 7.23. The minimum atomic E-state index is -1.03. The molecule has 1 N–H and O–H groups in total. The van der Waals surface area contributed by atoms with E-state index in [-0.39, 0.29) is 12.0 Å². The van der Waals surface area contributed by atoms with E-state index in [2.05, 4.69) is 5.32 Å². The van der Waals surface area contributed by atoms with Gasteiger partial charge in [0.05, 0.1) is 6.54 Å². The van der Waals surface area contributed by atoms with Gasteiger partial charge in [-0.3, -0.25) is 4.79 Å². The van der Waals surface area contributed by atoms with Crippen LogP contribution >= 0.6 is 11.6 Å². The van der Waals surface area contributed by atoms with E-state index in [0.717, 1.165) is 5.75 Å². The molecular weight excluding hydrogens is 342 g/mol. The average molecular weight is 362 g/mol. The summed E-state index contributed by atoms with van der Waals surface area (Å²) in [5, 5.41) is 3.48. The number of ether oxygens (including phenoxy) is 3. The van der Waals surface area contributed by atoms with E-state index in [4.69, 9.17) is 25.8 Å². The van der Waals surface area contributed by atoms with Crippen LogP contribution in [0.15, 0.2) is 48.5 Å². The quantitative estimate of drug-likeness (QED) is 0.886. The Morgan fingerprint density at radius 2 is 1.88 bits per heavy atom. The van der Waals surface area contributed by atoms with Gasteiger partial charge in [-0.2, -0.15) is 0 Å². The number of hydrogen-bond donors (Lipinski definition) is 1. The van der Waals surface area contributed by atoms with Crippen LogP contribution in [0, 0.1) is 0 Å². The zero-order valence-electron chi connectivity index (χ0n) is 14.1. The second-order valence-electron chi connectivity index (χ2n) is 6.27. The van der Waals surface area contributed by atoms with E-state index in [1.54, 1.807) is 38.1 Å². The Morgan fingerprint density at radius 3 is 2.60 bits per heavy atom. The van der Waals surface area contributed by atoms with E-state index in [0.29, 0.717) is 29.7 Å². The minimum absolute atomic E-state index is 0.232. The van der Waals surface area contributed by atoms with E-state index >= 15 is 0 Å². The summed E-state index contributed by atoms with van der Waals surface area (Å²) in [6, 6.07) is 14.4. The van der Waals surface area contributed by atoms with Crippen LogP contribution in [0.4, 0.5) is 0 Å². The molecule has 132 valence electrons. The lowest BCUT2D eigenvalue weighted by molar-refractivity contribution is -0.134. The number of para-hydroxylation sites is 2. The first-order valence-electron chi connectivity index (χ1n) is 8.05. The van der Waals surface area contributed by atoms with Gasteiger partial charge in [-0.05, 0) is 50.2 Å². The van der Waals surface area contributed by atoms with Gasteiger partial charge in [0.2, 0.25) is 0 Å². The molecule has 0 radical (unpaired) electrons. The summed E-state index contributed by atoms with van der Waals surface area (Å²) in [5.41, 5.74) is -1.03. The highest BCUT2D eigenvalue weighted by molar-refractivity contribution is 6.30. The van der Waals surface area contributed by atoms with E-state index < -0.39 is 5.60 Å². The number of rotatable bonds is 5. The maximum atomic E-state index is 12.5. The highest BCUT2D eigenvalue weighted by Gasteiger charge is 2.31. The number of benzene rings is 2.